The quantitative estimate of drug-likeness (QED) is 0.407. The number of anilines is 2. The molecule has 0 spiro atoms. The highest BCUT2D eigenvalue weighted by atomic mass is 35.5. The number of carbonyl (C=O) groups excluding carboxylic acids is 1. The van der Waals surface area contributed by atoms with Gasteiger partial charge < -0.3 is 19.9 Å². The van der Waals surface area contributed by atoms with Crippen LogP contribution in [0, 0.1) is 6.92 Å². The van der Waals surface area contributed by atoms with Gasteiger partial charge in [0.1, 0.15) is 5.75 Å². The van der Waals surface area contributed by atoms with Gasteiger partial charge in [0.25, 0.3) is 0 Å². The lowest BCUT2D eigenvalue weighted by Crippen LogP contribution is -2.21. The normalized spacial score (nSPS) is 11.6. The van der Waals surface area contributed by atoms with E-state index >= 15 is 0 Å². The number of urea groups is 1. The fourth-order valence-electron chi connectivity index (χ4n) is 3.50. The van der Waals surface area contributed by atoms with Gasteiger partial charge in [0, 0.05) is 35.5 Å². The fraction of sp³-hybridized carbons (Fsp3) is 0.125. The van der Waals surface area contributed by atoms with Crippen LogP contribution >= 0.6 is 11.6 Å². The van der Waals surface area contributed by atoms with Crippen molar-refractivity contribution in [2.24, 2.45) is 0 Å². The maximum atomic E-state index is 12.7. The van der Waals surface area contributed by atoms with Crippen LogP contribution in [0.25, 0.3) is 0 Å². The Bertz CT molecular complexity index is 1210. The Labute approximate surface area is 191 Å². The van der Waals surface area contributed by atoms with Gasteiger partial charge in [-0.25, -0.2) is 9.78 Å². The lowest BCUT2D eigenvalue weighted by atomic mass is 9.97. The largest absolute Gasteiger partial charge is 0.495 e. The number of nitrogens with zero attached hydrogens (tertiary/aromatic N) is 3. The van der Waals surface area contributed by atoms with Crippen LogP contribution in [0.2, 0.25) is 5.02 Å². The van der Waals surface area contributed by atoms with Crippen LogP contribution in [0.5, 0.6) is 5.75 Å². The van der Waals surface area contributed by atoms with Crippen molar-refractivity contribution in [1.82, 2.24) is 14.5 Å². The van der Waals surface area contributed by atoms with Gasteiger partial charge in [-0.3, -0.25) is 4.98 Å². The molecule has 0 saturated heterocycles. The first-order valence-electron chi connectivity index (χ1n) is 9.94. The van der Waals surface area contributed by atoms with Gasteiger partial charge in [-0.05, 0) is 60.0 Å². The van der Waals surface area contributed by atoms with Crippen molar-refractivity contribution in [2.45, 2.75) is 13.0 Å². The SMILES string of the molecule is COc1ccc(Cl)cc1NC(=O)Nc1cc(C(c2ccncc2)n2ccnc2)ccc1C. The van der Waals surface area contributed by atoms with E-state index in [1.54, 1.807) is 43.1 Å². The molecule has 4 aromatic rings. The summed E-state index contributed by atoms with van der Waals surface area (Å²) < 4.78 is 7.32. The summed E-state index contributed by atoms with van der Waals surface area (Å²) in [7, 11) is 1.54. The Balaban J connectivity index is 1.62. The third-order valence-corrected chi connectivity index (χ3v) is 5.32. The number of imidazole rings is 1. The van der Waals surface area contributed by atoms with E-state index in [9.17, 15) is 4.79 Å². The number of nitrogens with one attached hydrogen (secondary N) is 2. The van der Waals surface area contributed by atoms with Gasteiger partial charge >= 0.3 is 6.03 Å². The molecule has 0 fully saturated rings. The fourth-order valence-corrected chi connectivity index (χ4v) is 3.67. The summed E-state index contributed by atoms with van der Waals surface area (Å²) in [5.74, 6) is 0.521. The van der Waals surface area contributed by atoms with Crippen molar-refractivity contribution in [3.63, 3.8) is 0 Å². The van der Waals surface area contributed by atoms with Gasteiger partial charge in [0.15, 0.2) is 0 Å². The molecule has 7 nitrogen and oxygen atoms in total. The van der Waals surface area contributed by atoms with Crippen molar-refractivity contribution >= 4 is 29.0 Å². The van der Waals surface area contributed by atoms with Crippen LogP contribution in [-0.4, -0.2) is 27.7 Å². The van der Waals surface area contributed by atoms with Gasteiger partial charge in [-0.1, -0.05) is 23.7 Å². The zero-order valence-electron chi connectivity index (χ0n) is 17.6. The lowest BCUT2D eigenvalue weighted by Gasteiger charge is -2.21. The minimum absolute atomic E-state index is 0.113. The number of carbonyl (C=O) groups is 1. The number of rotatable bonds is 6. The molecular formula is C24H22ClN5O2. The average molecular weight is 448 g/mol. The second-order valence-electron chi connectivity index (χ2n) is 7.19. The molecular weight excluding hydrogens is 426 g/mol. The van der Waals surface area contributed by atoms with E-state index in [0.717, 1.165) is 16.7 Å². The number of hydrogen-bond acceptors (Lipinski definition) is 4. The van der Waals surface area contributed by atoms with Crippen molar-refractivity contribution in [1.29, 1.82) is 0 Å². The van der Waals surface area contributed by atoms with E-state index in [4.69, 9.17) is 16.3 Å². The van der Waals surface area contributed by atoms with Crippen molar-refractivity contribution < 1.29 is 9.53 Å². The monoisotopic (exact) mass is 447 g/mol. The summed E-state index contributed by atoms with van der Waals surface area (Å²) in [6.45, 7) is 1.94. The molecule has 0 aliphatic heterocycles. The first kappa shape index (κ1) is 21.4. The molecule has 2 N–H and O–H groups in total. The van der Waals surface area contributed by atoms with Crippen molar-refractivity contribution in [3.05, 3.63) is 101 Å². The van der Waals surface area contributed by atoms with E-state index in [0.29, 0.717) is 22.1 Å². The van der Waals surface area contributed by atoms with Crippen LogP contribution in [0.1, 0.15) is 22.7 Å². The number of benzene rings is 2. The second-order valence-corrected chi connectivity index (χ2v) is 7.63. The highest BCUT2D eigenvalue weighted by molar-refractivity contribution is 6.31. The van der Waals surface area contributed by atoms with Gasteiger partial charge in [0.05, 0.1) is 25.2 Å². The number of methoxy groups -OCH3 is 1. The maximum absolute atomic E-state index is 12.7. The van der Waals surface area contributed by atoms with Crippen LogP contribution < -0.4 is 15.4 Å². The zero-order chi connectivity index (χ0) is 22.5. The zero-order valence-corrected chi connectivity index (χ0v) is 18.4. The first-order valence-corrected chi connectivity index (χ1v) is 10.3. The Kier molecular flexibility index (Phi) is 6.37. The van der Waals surface area contributed by atoms with Gasteiger partial charge in [-0.2, -0.15) is 0 Å². The summed E-state index contributed by atoms with van der Waals surface area (Å²) in [6, 6.07) is 14.5. The number of amides is 2. The molecule has 2 heterocycles. The number of halogens is 1. The molecule has 32 heavy (non-hydrogen) atoms. The predicted molar refractivity (Wildman–Crippen MR) is 126 cm³/mol. The molecule has 0 radical (unpaired) electrons. The summed E-state index contributed by atoms with van der Waals surface area (Å²) in [4.78, 5) is 21.1. The highest BCUT2D eigenvalue weighted by Gasteiger charge is 2.18. The predicted octanol–water partition coefficient (Wildman–Crippen LogP) is 5.53. The van der Waals surface area contributed by atoms with Crippen LogP contribution in [0.3, 0.4) is 0 Å². The van der Waals surface area contributed by atoms with Crippen molar-refractivity contribution in [3.8, 4) is 5.75 Å². The minimum atomic E-state index is -0.395. The number of ether oxygens (including phenoxy) is 1. The highest BCUT2D eigenvalue weighted by Crippen LogP contribution is 2.31. The van der Waals surface area contributed by atoms with Gasteiger partial charge in [-0.15, -0.1) is 0 Å². The van der Waals surface area contributed by atoms with E-state index < -0.39 is 6.03 Å². The van der Waals surface area contributed by atoms with E-state index in [1.165, 1.54) is 7.11 Å². The summed E-state index contributed by atoms with van der Waals surface area (Å²) in [5, 5.41) is 6.24. The summed E-state index contributed by atoms with van der Waals surface area (Å²) >= 11 is 6.07. The van der Waals surface area contributed by atoms with E-state index in [2.05, 4.69) is 20.6 Å². The summed E-state index contributed by atoms with van der Waals surface area (Å²) in [5.41, 5.74) is 4.16. The number of aryl methyl sites for hydroxylation is 1. The first-order chi connectivity index (χ1) is 15.5. The molecule has 2 amide bonds. The third kappa shape index (κ3) is 4.73. The molecule has 0 saturated carbocycles. The number of hydrogen-bond donors (Lipinski definition) is 2. The molecule has 0 aliphatic carbocycles. The molecule has 1 atom stereocenters. The van der Waals surface area contributed by atoms with E-state index in [-0.39, 0.29) is 6.04 Å². The second kappa shape index (κ2) is 9.53. The Morgan fingerprint density at radius 3 is 2.47 bits per heavy atom. The molecule has 4 rings (SSSR count). The molecule has 2 aromatic carbocycles. The number of aromatic nitrogens is 3. The lowest BCUT2D eigenvalue weighted by molar-refractivity contribution is 0.262. The third-order valence-electron chi connectivity index (χ3n) is 5.08. The Morgan fingerprint density at radius 1 is 0.969 bits per heavy atom. The summed E-state index contributed by atoms with van der Waals surface area (Å²) in [6.07, 6.45) is 8.95. The molecule has 0 aliphatic rings. The minimum Gasteiger partial charge on any atom is -0.495 e. The topological polar surface area (TPSA) is 81.1 Å². The Morgan fingerprint density at radius 2 is 1.75 bits per heavy atom. The molecule has 0 bridgehead atoms. The molecule has 162 valence electrons. The number of pyridine rings is 1. The molecule has 1 unspecified atom stereocenters. The smallest absolute Gasteiger partial charge is 0.323 e. The standard InChI is InChI=1S/C24H22ClN5O2/c1-16-3-4-18(23(30-12-11-27-15-30)17-7-9-26-10-8-17)13-20(16)28-24(31)29-21-14-19(25)5-6-22(21)32-2/h3-15,23H,1-2H3,(H2,28,29,31). The van der Waals surface area contributed by atoms with Gasteiger partial charge in [0.2, 0.25) is 0 Å². The maximum Gasteiger partial charge on any atom is 0.323 e. The Hall–Kier alpha value is -3.84. The van der Waals surface area contributed by atoms with Crippen LogP contribution in [0.15, 0.2) is 79.6 Å². The van der Waals surface area contributed by atoms with E-state index in [1.807, 2.05) is 48.0 Å². The average Bonchev–Trinajstić information content (AvgIpc) is 3.31. The van der Waals surface area contributed by atoms with Crippen LogP contribution in [0.4, 0.5) is 16.2 Å². The van der Waals surface area contributed by atoms with Crippen molar-refractivity contribution in [2.75, 3.05) is 17.7 Å². The molecule has 2 aromatic heterocycles. The molecule has 8 heteroatoms. The van der Waals surface area contributed by atoms with Crippen LogP contribution in [-0.2, 0) is 0 Å².